The molecule has 1 fully saturated rings. The lowest BCUT2D eigenvalue weighted by Gasteiger charge is -2.35. The maximum absolute atomic E-state index is 10.5. The van der Waals surface area contributed by atoms with Gasteiger partial charge in [0.2, 0.25) is 5.75 Å². The summed E-state index contributed by atoms with van der Waals surface area (Å²) >= 11 is 0. The van der Waals surface area contributed by atoms with E-state index < -0.39 is 0 Å². The molecule has 2 aliphatic carbocycles. The van der Waals surface area contributed by atoms with Gasteiger partial charge < -0.3 is 14.6 Å². The molecule has 3 rings (SSSR count). The summed E-state index contributed by atoms with van der Waals surface area (Å²) < 4.78 is 11.0. The van der Waals surface area contributed by atoms with Crippen LogP contribution < -0.4 is 9.47 Å². The first kappa shape index (κ1) is 14.6. The van der Waals surface area contributed by atoms with E-state index in [2.05, 4.69) is 6.92 Å². The number of hydrogen-bond acceptors (Lipinski definition) is 3. The Morgan fingerprint density at radius 2 is 1.90 bits per heavy atom. The maximum Gasteiger partial charge on any atom is 0.201 e. The molecule has 1 N–H and O–H groups in total. The number of hydrogen-bond donors (Lipinski definition) is 1. The summed E-state index contributed by atoms with van der Waals surface area (Å²) in [7, 11) is 3.26. The molecule has 116 valence electrons. The molecule has 3 nitrogen and oxygen atoms in total. The van der Waals surface area contributed by atoms with E-state index in [-0.39, 0.29) is 11.2 Å². The van der Waals surface area contributed by atoms with Crippen LogP contribution in [0.4, 0.5) is 0 Å². The van der Waals surface area contributed by atoms with Gasteiger partial charge in [-0.3, -0.25) is 0 Å². The van der Waals surface area contributed by atoms with E-state index in [1.165, 1.54) is 49.7 Å². The Morgan fingerprint density at radius 1 is 1.19 bits per heavy atom. The summed E-state index contributed by atoms with van der Waals surface area (Å²) in [5.41, 5.74) is 2.82. The van der Waals surface area contributed by atoms with Crippen LogP contribution >= 0.6 is 0 Å². The molecule has 0 saturated heterocycles. The number of rotatable bonds is 3. The number of methoxy groups -OCH3 is 2. The standard InChI is InChI=1S/C18H26O3/c1-4-12-11-18(8-6-5-7-9-18)15-13(12)10-14(20-2)16(19)17(15)21-3/h10,12,19H,4-9,11H2,1-3H3. The predicted octanol–water partition coefficient (Wildman–Crippen LogP) is 4.51. The van der Waals surface area contributed by atoms with Crippen molar-refractivity contribution in [1.29, 1.82) is 0 Å². The summed E-state index contributed by atoms with van der Waals surface area (Å²) in [5.74, 6) is 1.92. The number of phenolic OH excluding ortho intramolecular Hbond substituents is 1. The largest absolute Gasteiger partial charge is 0.502 e. The van der Waals surface area contributed by atoms with Crippen molar-refractivity contribution in [2.24, 2.45) is 0 Å². The number of benzene rings is 1. The Kier molecular flexibility index (Phi) is 3.76. The van der Waals surface area contributed by atoms with Crippen LogP contribution in [0.5, 0.6) is 17.2 Å². The third-order valence-electron chi connectivity index (χ3n) is 5.59. The van der Waals surface area contributed by atoms with Crippen LogP contribution in [0.2, 0.25) is 0 Å². The molecule has 0 aromatic heterocycles. The first-order chi connectivity index (χ1) is 10.2. The summed E-state index contributed by atoms with van der Waals surface area (Å²) in [4.78, 5) is 0. The fourth-order valence-corrected chi connectivity index (χ4v) is 4.60. The highest BCUT2D eigenvalue weighted by atomic mass is 16.5. The third kappa shape index (κ3) is 2.09. The quantitative estimate of drug-likeness (QED) is 0.890. The molecule has 3 heteroatoms. The molecule has 21 heavy (non-hydrogen) atoms. The van der Waals surface area contributed by atoms with Gasteiger partial charge in [0.25, 0.3) is 0 Å². The molecule has 1 atom stereocenters. The van der Waals surface area contributed by atoms with Gasteiger partial charge in [-0.2, -0.15) is 0 Å². The molecular formula is C18H26O3. The van der Waals surface area contributed by atoms with Crippen LogP contribution in [-0.2, 0) is 5.41 Å². The fraction of sp³-hybridized carbons (Fsp3) is 0.667. The Hall–Kier alpha value is -1.38. The first-order valence-electron chi connectivity index (χ1n) is 8.15. The highest BCUT2D eigenvalue weighted by Crippen LogP contribution is 2.60. The van der Waals surface area contributed by atoms with Crippen molar-refractivity contribution >= 4 is 0 Å². The topological polar surface area (TPSA) is 38.7 Å². The average Bonchev–Trinajstić information content (AvgIpc) is 2.81. The summed E-state index contributed by atoms with van der Waals surface area (Å²) in [6.07, 6.45) is 8.67. The smallest absolute Gasteiger partial charge is 0.201 e. The Labute approximate surface area is 127 Å². The van der Waals surface area contributed by atoms with Gasteiger partial charge in [0.15, 0.2) is 11.5 Å². The van der Waals surface area contributed by atoms with Gasteiger partial charge in [-0.05, 0) is 48.6 Å². The monoisotopic (exact) mass is 290 g/mol. The van der Waals surface area contributed by atoms with E-state index >= 15 is 0 Å². The van der Waals surface area contributed by atoms with Gasteiger partial charge in [0.1, 0.15) is 0 Å². The minimum absolute atomic E-state index is 0.167. The molecule has 1 unspecified atom stereocenters. The van der Waals surface area contributed by atoms with E-state index in [4.69, 9.17) is 9.47 Å². The van der Waals surface area contributed by atoms with Crippen LogP contribution in [0.15, 0.2) is 6.07 Å². The highest BCUT2D eigenvalue weighted by Gasteiger charge is 2.47. The second kappa shape index (κ2) is 5.43. The summed E-state index contributed by atoms with van der Waals surface area (Å²) in [6.45, 7) is 2.25. The average molecular weight is 290 g/mol. The molecule has 1 aromatic carbocycles. The van der Waals surface area contributed by atoms with Gasteiger partial charge >= 0.3 is 0 Å². The minimum atomic E-state index is 0.167. The van der Waals surface area contributed by atoms with Crippen LogP contribution in [0, 0.1) is 0 Å². The summed E-state index contributed by atoms with van der Waals surface area (Å²) in [6, 6.07) is 2.05. The van der Waals surface area contributed by atoms with Crippen LogP contribution in [0.1, 0.15) is 68.9 Å². The van der Waals surface area contributed by atoms with Crippen molar-refractivity contribution in [1.82, 2.24) is 0 Å². The zero-order chi connectivity index (χ0) is 15.0. The number of aromatic hydroxyl groups is 1. The second-order valence-corrected chi connectivity index (χ2v) is 6.58. The van der Waals surface area contributed by atoms with E-state index in [1.807, 2.05) is 6.07 Å². The fourth-order valence-electron chi connectivity index (χ4n) is 4.60. The zero-order valence-corrected chi connectivity index (χ0v) is 13.4. The molecule has 0 bridgehead atoms. The van der Waals surface area contributed by atoms with E-state index in [0.717, 1.165) is 6.42 Å². The van der Waals surface area contributed by atoms with E-state index in [0.29, 0.717) is 17.4 Å². The van der Waals surface area contributed by atoms with Crippen LogP contribution in [-0.4, -0.2) is 19.3 Å². The van der Waals surface area contributed by atoms with E-state index in [1.54, 1.807) is 14.2 Å². The molecule has 2 aliphatic rings. The number of phenols is 1. The predicted molar refractivity (Wildman–Crippen MR) is 83.6 cm³/mol. The van der Waals surface area contributed by atoms with E-state index in [9.17, 15) is 5.11 Å². The zero-order valence-electron chi connectivity index (χ0n) is 13.4. The number of ether oxygens (including phenoxy) is 2. The molecule has 0 aliphatic heterocycles. The minimum Gasteiger partial charge on any atom is -0.502 e. The summed E-state index contributed by atoms with van der Waals surface area (Å²) in [5, 5.41) is 10.5. The van der Waals surface area contributed by atoms with Gasteiger partial charge in [-0.15, -0.1) is 0 Å². The van der Waals surface area contributed by atoms with Crippen molar-refractivity contribution in [2.45, 2.75) is 63.2 Å². The van der Waals surface area contributed by atoms with Gasteiger partial charge in [-0.1, -0.05) is 26.2 Å². The lowest BCUT2D eigenvalue weighted by Crippen LogP contribution is -2.27. The third-order valence-corrected chi connectivity index (χ3v) is 5.59. The SMILES string of the molecule is CCC1CC2(CCCCC2)c2c1cc(OC)c(O)c2OC. The lowest BCUT2D eigenvalue weighted by molar-refractivity contribution is 0.266. The molecular weight excluding hydrogens is 264 g/mol. The van der Waals surface area contributed by atoms with Gasteiger partial charge in [-0.25, -0.2) is 0 Å². The van der Waals surface area contributed by atoms with Crippen molar-refractivity contribution < 1.29 is 14.6 Å². The molecule has 0 heterocycles. The lowest BCUT2D eigenvalue weighted by atomic mass is 9.69. The van der Waals surface area contributed by atoms with Crippen molar-refractivity contribution in [3.8, 4) is 17.2 Å². The Balaban J connectivity index is 2.21. The second-order valence-electron chi connectivity index (χ2n) is 6.58. The number of fused-ring (bicyclic) bond motifs is 2. The van der Waals surface area contributed by atoms with Crippen LogP contribution in [0.3, 0.4) is 0 Å². The Bertz CT molecular complexity index is 530. The molecule has 1 spiro atoms. The van der Waals surface area contributed by atoms with Crippen LogP contribution in [0.25, 0.3) is 0 Å². The van der Waals surface area contributed by atoms with Crippen molar-refractivity contribution in [2.75, 3.05) is 14.2 Å². The van der Waals surface area contributed by atoms with Gasteiger partial charge in [0, 0.05) is 5.56 Å². The molecule has 0 radical (unpaired) electrons. The Morgan fingerprint density at radius 3 is 2.48 bits per heavy atom. The molecule has 1 saturated carbocycles. The maximum atomic E-state index is 10.5. The van der Waals surface area contributed by atoms with Crippen molar-refractivity contribution in [3.63, 3.8) is 0 Å². The molecule has 1 aromatic rings. The first-order valence-corrected chi connectivity index (χ1v) is 8.15. The normalized spacial score (nSPS) is 23.1. The van der Waals surface area contributed by atoms with Crippen molar-refractivity contribution in [3.05, 3.63) is 17.2 Å². The van der Waals surface area contributed by atoms with Gasteiger partial charge in [0.05, 0.1) is 14.2 Å². The highest BCUT2D eigenvalue weighted by molar-refractivity contribution is 5.63. The molecule has 0 amide bonds.